The molecule has 2 aromatic carbocycles. The van der Waals surface area contributed by atoms with Gasteiger partial charge in [-0.15, -0.1) is 12.4 Å². The summed E-state index contributed by atoms with van der Waals surface area (Å²) in [5.74, 6) is -1.62. The lowest BCUT2D eigenvalue weighted by molar-refractivity contribution is -0.152. The van der Waals surface area contributed by atoms with Crippen LogP contribution in [0.2, 0.25) is 5.02 Å². The first-order chi connectivity index (χ1) is 14.3. The number of aromatic hydroxyl groups is 1. The van der Waals surface area contributed by atoms with Gasteiger partial charge in [-0.25, -0.2) is 0 Å². The number of rotatable bonds is 3. The molecule has 1 aliphatic heterocycles. The number of nitrogens with zero attached hydrogens (tertiary/aromatic N) is 1. The van der Waals surface area contributed by atoms with Gasteiger partial charge in [0.05, 0.1) is 16.5 Å². The lowest BCUT2D eigenvalue weighted by Crippen LogP contribution is -2.29. The molecule has 0 unspecified atom stereocenters. The molecule has 4 nitrogen and oxygen atoms in total. The van der Waals surface area contributed by atoms with E-state index >= 15 is 0 Å². The lowest BCUT2D eigenvalue weighted by atomic mass is 9.99. The fourth-order valence-corrected chi connectivity index (χ4v) is 4.14. The number of benzene rings is 2. The zero-order chi connectivity index (χ0) is 21.5. The molecule has 0 amide bonds. The van der Waals surface area contributed by atoms with Gasteiger partial charge in [-0.05, 0) is 44.1 Å². The number of hydrogen-bond acceptors (Lipinski definition) is 4. The van der Waals surface area contributed by atoms with Gasteiger partial charge < -0.3 is 9.52 Å². The lowest BCUT2D eigenvalue weighted by Gasteiger charge is -2.27. The second-order valence-electron chi connectivity index (χ2n) is 7.39. The molecule has 1 N–H and O–H groups in total. The predicted molar refractivity (Wildman–Crippen MR) is 116 cm³/mol. The van der Waals surface area contributed by atoms with Crippen molar-refractivity contribution in [1.29, 1.82) is 0 Å². The van der Waals surface area contributed by atoms with E-state index in [0.717, 1.165) is 32.4 Å². The minimum absolute atomic E-state index is 0. The molecule has 1 fully saturated rings. The Labute approximate surface area is 187 Å². The van der Waals surface area contributed by atoms with Crippen LogP contribution in [0.4, 0.5) is 13.2 Å². The predicted octanol–water partition coefficient (Wildman–Crippen LogP) is 6.25. The van der Waals surface area contributed by atoms with Gasteiger partial charge in [0.1, 0.15) is 11.3 Å². The van der Waals surface area contributed by atoms with E-state index in [9.17, 15) is 23.1 Å². The second kappa shape index (κ2) is 9.10. The van der Waals surface area contributed by atoms with Gasteiger partial charge >= 0.3 is 6.18 Å². The van der Waals surface area contributed by atoms with Crippen LogP contribution in [0.5, 0.6) is 5.75 Å². The van der Waals surface area contributed by atoms with Crippen molar-refractivity contribution in [1.82, 2.24) is 4.90 Å². The normalized spacial score (nSPS) is 15.1. The number of alkyl halides is 3. The minimum Gasteiger partial charge on any atom is -0.507 e. The largest absolute Gasteiger partial charge is 0.507 e. The molecule has 3 aromatic rings. The van der Waals surface area contributed by atoms with Crippen molar-refractivity contribution >= 4 is 35.0 Å². The molecule has 1 aliphatic rings. The summed E-state index contributed by atoms with van der Waals surface area (Å²) >= 11 is 6.09. The van der Waals surface area contributed by atoms with Gasteiger partial charge in [0.25, 0.3) is 0 Å². The smallest absolute Gasteiger partial charge is 0.450 e. The topological polar surface area (TPSA) is 53.7 Å². The number of halogens is 5. The number of likely N-dealkylation sites (tertiary alicyclic amines) is 1. The number of fused-ring (bicyclic) bond motifs is 1. The Bertz CT molecular complexity index is 1160. The molecule has 1 saturated heterocycles. The number of phenolic OH excluding ortho intramolecular Hbond substituents is 1. The van der Waals surface area contributed by atoms with E-state index in [0.29, 0.717) is 0 Å². The van der Waals surface area contributed by atoms with Crippen LogP contribution in [0.15, 0.2) is 45.6 Å². The molecule has 0 radical (unpaired) electrons. The SMILES string of the molecule is Cl.O=c1c(-c2ccccc2Cl)c(C(F)(F)F)oc2c(CN3CCCCC3)c(O)ccc12. The van der Waals surface area contributed by atoms with Gasteiger partial charge in [0.15, 0.2) is 0 Å². The Kier molecular flexibility index (Phi) is 6.88. The molecule has 9 heteroatoms. The molecule has 166 valence electrons. The number of piperidine rings is 1. The fourth-order valence-electron chi connectivity index (χ4n) is 3.91. The molecule has 0 spiro atoms. The number of phenols is 1. The van der Waals surface area contributed by atoms with Crippen molar-refractivity contribution in [2.24, 2.45) is 0 Å². The van der Waals surface area contributed by atoms with Gasteiger partial charge in [-0.1, -0.05) is 36.2 Å². The zero-order valence-electron chi connectivity index (χ0n) is 16.3. The molecule has 4 rings (SSSR count). The van der Waals surface area contributed by atoms with E-state index in [1.807, 2.05) is 4.90 Å². The van der Waals surface area contributed by atoms with E-state index in [-0.39, 0.29) is 51.8 Å². The van der Waals surface area contributed by atoms with Crippen LogP contribution >= 0.6 is 24.0 Å². The molecule has 1 aromatic heterocycles. The van der Waals surface area contributed by atoms with Crippen LogP contribution in [0.1, 0.15) is 30.6 Å². The maximum atomic E-state index is 13.9. The molecular weight excluding hydrogens is 454 g/mol. The van der Waals surface area contributed by atoms with Crippen molar-refractivity contribution < 1.29 is 22.7 Å². The maximum absolute atomic E-state index is 13.9. The third kappa shape index (κ3) is 4.54. The van der Waals surface area contributed by atoms with Crippen LogP contribution in [-0.4, -0.2) is 23.1 Å². The summed E-state index contributed by atoms with van der Waals surface area (Å²) in [5, 5.41) is 10.4. The summed E-state index contributed by atoms with van der Waals surface area (Å²) in [4.78, 5) is 15.2. The van der Waals surface area contributed by atoms with E-state index in [1.54, 1.807) is 6.07 Å². The van der Waals surface area contributed by atoms with E-state index in [4.69, 9.17) is 16.0 Å². The van der Waals surface area contributed by atoms with E-state index in [2.05, 4.69) is 0 Å². The first kappa shape index (κ1) is 23.4. The van der Waals surface area contributed by atoms with Crippen LogP contribution in [0, 0.1) is 0 Å². The summed E-state index contributed by atoms with van der Waals surface area (Å²) in [5.41, 5.74) is -1.57. The summed E-state index contributed by atoms with van der Waals surface area (Å²) in [7, 11) is 0. The molecule has 0 atom stereocenters. The zero-order valence-corrected chi connectivity index (χ0v) is 17.9. The highest BCUT2D eigenvalue weighted by Gasteiger charge is 2.40. The van der Waals surface area contributed by atoms with Gasteiger partial charge in [0.2, 0.25) is 11.2 Å². The monoisotopic (exact) mass is 473 g/mol. The molecular formula is C22H20Cl2F3NO3. The first-order valence-electron chi connectivity index (χ1n) is 9.63. The van der Waals surface area contributed by atoms with Crippen LogP contribution in [0.25, 0.3) is 22.1 Å². The van der Waals surface area contributed by atoms with Gasteiger partial charge in [0, 0.05) is 17.1 Å². The quantitative estimate of drug-likeness (QED) is 0.488. The maximum Gasteiger partial charge on any atom is 0.450 e. The molecule has 2 heterocycles. The van der Waals surface area contributed by atoms with Crippen molar-refractivity contribution in [2.45, 2.75) is 32.0 Å². The van der Waals surface area contributed by atoms with Crippen molar-refractivity contribution in [3.63, 3.8) is 0 Å². The Morgan fingerprint density at radius 1 is 1.06 bits per heavy atom. The molecule has 0 bridgehead atoms. The average molecular weight is 474 g/mol. The summed E-state index contributed by atoms with van der Waals surface area (Å²) in [6, 6.07) is 8.45. The Hall–Kier alpha value is -2.22. The standard InChI is InChI=1S/C22H19ClF3NO3.ClH/c23-16-7-3-2-6-13(16)18-19(29)14-8-9-17(28)15(12-27-10-4-1-5-11-27)20(14)30-21(18)22(24,25)26;/h2-3,6-9,28H,1,4-5,10-12H2;1H. The third-order valence-electron chi connectivity index (χ3n) is 5.37. The second-order valence-corrected chi connectivity index (χ2v) is 7.80. The summed E-state index contributed by atoms with van der Waals surface area (Å²) in [6.45, 7) is 1.74. The highest BCUT2D eigenvalue weighted by Crippen LogP contribution is 2.41. The summed E-state index contributed by atoms with van der Waals surface area (Å²) in [6.07, 6.45) is -1.89. The van der Waals surface area contributed by atoms with Gasteiger partial charge in [-0.2, -0.15) is 13.2 Å². The van der Waals surface area contributed by atoms with Crippen molar-refractivity contribution in [3.8, 4) is 16.9 Å². The van der Waals surface area contributed by atoms with Gasteiger partial charge in [-0.3, -0.25) is 9.69 Å². The Morgan fingerprint density at radius 2 is 1.74 bits per heavy atom. The highest BCUT2D eigenvalue weighted by atomic mass is 35.5. The Balaban J connectivity index is 0.00000272. The van der Waals surface area contributed by atoms with Crippen molar-refractivity contribution in [3.05, 3.63) is 63.0 Å². The van der Waals surface area contributed by atoms with Crippen LogP contribution in [-0.2, 0) is 12.7 Å². The van der Waals surface area contributed by atoms with Crippen molar-refractivity contribution in [2.75, 3.05) is 13.1 Å². The first-order valence-corrected chi connectivity index (χ1v) is 10.0. The summed E-state index contributed by atoms with van der Waals surface area (Å²) < 4.78 is 47.1. The van der Waals surface area contributed by atoms with Crippen LogP contribution in [0.3, 0.4) is 0 Å². The minimum atomic E-state index is -4.92. The highest BCUT2D eigenvalue weighted by molar-refractivity contribution is 6.33. The van der Waals surface area contributed by atoms with E-state index in [1.165, 1.54) is 30.3 Å². The number of hydrogen-bond donors (Lipinski definition) is 1. The molecule has 0 saturated carbocycles. The van der Waals surface area contributed by atoms with Crippen LogP contribution < -0.4 is 5.43 Å². The fraction of sp³-hybridized carbons (Fsp3) is 0.318. The third-order valence-corrected chi connectivity index (χ3v) is 5.70. The molecule has 0 aliphatic carbocycles. The average Bonchev–Trinajstić information content (AvgIpc) is 2.71. The Morgan fingerprint density at radius 3 is 2.39 bits per heavy atom. The van der Waals surface area contributed by atoms with E-state index < -0.39 is 22.9 Å². The molecule has 31 heavy (non-hydrogen) atoms.